The lowest BCUT2D eigenvalue weighted by Crippen LogP contribution is -2.55. The molecule has 4 aromatic rings. The van der Waals surface area contributed by atoms with Crippen LogP contribution in [0.4, 0.5) is 128 Å². The topological polar surface area (TPSA) is 6.48 Å². The number of anilines is 4. The standard InChI is InChI=1S/C38H18F24N2/c1-10-18(39)24(45)31(25(46)19(10)40)64(32-28(49)22(43)17(38(60,61)62)23(44)29(32)50)34-7-11-2-14(34)8-33(6-11,9-34)63(15-4-12(35(51,52)53)3-13(5-15)36(54,55)56)30-26(47)20(41)16(37(57,58)59)21(42)27(30)48/h3-5,11,14H,2,6-9H2,1H3. The van der Waals surface area contributed by atoms with E-state index in [1.807, 2.05) is 0 Å². The van der Waals surface area contributed by atoms with Crippen molar-refractivity contribution in [3.63, 3.8) is 0 Å². The molecule has 0 spiro atoms. The van der Waals surface area contributed by atoms with Crippen molar-refractivity contribution >= 4 is 22.7 Å². The molecule has 0 radical (unpaired) electrons. The number of alkyl halides is 12. The smallest absolute Gasteiger partial charge is 0.330 e. The molecule has 64 heavy (non-hydrogen) atoms. The molecule has 0 aromatic heterocycles. The molecule has 4 unspecified atom stereocenters. The maximum Gasteiger partial charge on any atom is 0.422 e. The Bertz CT molecular complexity index is 2510. The van der Waals surface area contributed by atoms with Crippen molar-refractivity contribution in [1.82, 2.24) is 0 Å². The highest BCUT2D eigenvalue weighted by atomic mass is 19.4. The van der Waals surface area contributed by atoms with Crippen LogP contribution in [0.25, 0.3) is 0 Å². The summed E-state index contributed by atoms with van der Waals surface area (Å²) >= 11 is 0. The molecule has 4 bridgehead atoms. The lowest BCUT2D eigenvalue weighted by atomic mass is 9.72. The minimum Gasteiger partial charge on any atom is -0.330 e. The molecule has 4 saturated carbocycles. The average Bonchev–Trinajstić information content (AvgIpc) is 3.55. The molecular formula is C38H18F24N2. The minimum absolute atomic E-state index is 0.349. The van der Waals surface area contributed by atoms with Crippen LogP contribution >= 0.6 is 0 Å². The third-order valence-electron chi connectivity index (χ3n) is 11.9. The van der Waals surface area contributed by atoms with Gasteiger partial charge in [-0.1, -0.05) is 0 Å². The summed E-state index contributed by atoms with van der Waals surface area (Å²) in [5.41, 5.74) is -28.1. The molecule has 4 fully saturated rings. The molecule has 0 N–H and O–H groups in total. The van der Waals surface area contributed by atoms with Crippen LogP contribution in [0.15, 0.2) is 18.2 Å². The Morgan fingerprint density at radius 1 is 0.438 bits per heavy atom. The Balaban J connectivity index is 1.61. The Morgan fingerprint density at radius 3 is 1.16 bits per heavy atom. The summed E-state index contributed by atoms with van der Waals surface area (Å²) < 4.78 is 356. The van der Waals surface area contributed by atoms with Gasteiger partial charge in [0, 0.05) is 16.8 Å². The first-order valence-electron chi connectivity index (χ1n) is 17.7. The second-order valence-corrected chi connectivity index (χ2v) is 15.5. The van der Waals surface area contributed by atoms with Gasteiger partial charge in [-0.05, 0) is 69.1 Å². The molecule has 8 rings (SSSR count). The van der Waals surface area contributed by atoms with Crippen molar-refractivity contribution in [1.29, 1.82) is 0 Å². The minimum atomic E-state index is -6.31. The summed E-state index contributed by atoms with van der Waals surface area (Å²) in [5, 5.41) is 0. The Labute approximate surface area is 340 Å². The summed E-state index contributed by atoms with van der Waals surface area (Å²) in [6.07, 6.45) is -29.6. The maximum absolute atomic E-state index is 16.1. The highest BCUT2D eigenvalue weighted by molar-refractivity contribution is 5.74. The summed E-state index contributed by atoms with van der Waals surface area (Å²) in [6.45, 7) is 0.369. The lowest BCUT2D eigenvalue weighted by Gasteiger charge is -2.52. The monoisotopic (exact) mass is 958 g/mol. The summed E-state index contributed by atoms with van der Waals surface area (Å²) in [6, 6.07) is -1.29. The Kier molecular flexibility index (Phi) is 10.5. The number of rotatable bonds is 6. The van der Waals surface area contributed by atoms with Gasteiger partial charge in [-0.2, -0.15) is 52.7 Å². The van der Waals surface area contributed by atoms with E-state index in [0.29, 0.717) is 6.92 Å². The molecular weight excluding hydrogens is 940 g/mol. The molecule has 4 aliphatic carbocycles. The number of hydrogen-bond donors (Lipinski definition) is 0. The van der Waals surface area contributed by atoms with Crippen LogP contribution in [0.2, 0.25) is 0 Å². The molecule has 0 heterocycles. The van der Waals surface area contributed by atoms with Crippen LogP contribution in [-0.4, -0.2) is 11.1 Å². The van der Waals surface area contributed by atoms with Gasteiger partial charge in [0.15, 0.2) is 69.8 Å². The molecule has 0 aliphatic heterocycles. The van der Waals surface area contributed by atoms with Crippen molar-refractivity contribution < 1.29 is 105 Å². The van der Waals surface area contributed by atoms with Gasteiger partial charge in [0.1, 0.15) is 28.2 Å². The molecule has 26 heteroatoms. The van der Waals surface area contributed by atoms with Gasteiger partial charge in [-0.25, -0.2) is 52.7 Å². The van der Waals surface area contributed by atoms with E-state index >= 15 is 52.7 Å². The van der Waals surface area contributed by atoms with Gasteiger partial charge < -0.3 is 9.80 Å². The predicted molar refractivity (Wildman–Crippen MR) is 170 cm³/mol. The van der Waals surface area contributed by atoms with Crippen molar-refractivity contribution in [2.45, 2.75) is 74.8 Å². The lowest BCUT2D eigenvalue weighted by molar-refractivity contribution is -0.144. The van der Waals surface area contributed by atoms with Gasteiger partial charge in [0.25, 0.3) is 0 Å². The number of nitrogens with zero attached hydrogens (tertiary/aromatic N) is 2. The van der Waals surface area contributed by atoms with Crippen molar-refractivity contribution in [3.05, 3.63) is 116 Å². The molecule has 348 valence electrons. The fourth-order valence-corrected chi connectivity index (χ4v) is 9.75. The molecule has 0 saturated heterocycles. The van der Waals surface area contributed by atoms with Crippen LogP contribution < -0.4 is 9.80 Å². The van der Waals surface area contributed by atoms with E-state index in [1.54, 1.807) is 0 Å². The first kappa shape index (κ1) is 46.8. The zero-order chi connectivity index (χ0) is 48.1. The van der Waals surface area contributed by atoms with E-state index in [0.717, 1.165) is 0 Å². The van der Waals surface area contributed by atoms with Crippen LogP contribution in [0, 0.1) is 88.6 Å². The molecule has 4 atom stereocenters. The number of hydrogen-bond acceptors (Lipinski definition) is 2. The van der Waals surface area contributed by atoms with Crippen LogP contribution in [0.5, 0.6) is 0 Å². The first-order valence-corrected chi connectivity index (χ1v) is 17.7. The second-order valence-electron chi connectivity index (χ2n) is 15.5. The second kappa shape index (κ2) is 14.4. The van der Waals surface area contributed by atoms with Crippen LogP contribution in [0.3, 0.4) is 0 Å². The van der Waals surface area contributed by atoms with Crippen molar-refractivity contribution in [3.8, 4) is 0 Å². The third-order valence-corrected chi connectivity index (χ3v) is 11.9. The van der Waals surface area contributed by atoms with E-state index in [2.05, 4.69) is 0 Å². The van der Waals surface area contributed by atoms with E-state index in [4.69, 9.17) is 0 Å². The van der Waals surface area contributed by atoms with E-state index < -0.39 is 216 Å². The van der Waals surface area contributed by atoms with Gasteiger partial charge >= 0.3 is 24.7 Å². The fraction of sp³-hybridized carbons (Fsp3) is 0.368. The van der Waals surface area contributed by atoms with Gasteiger partial charge in [0.2, 0.25) is 0 Å². The zero-order valence-electron chi connectivity index (χ0n) is 30.9. The van der Waals surface area contributed by atoms with Crippen LogP contribution in [-0.2, 0) is 24.7 Å². The summed E-state index contributed by atoms with van der Waals surface area (Å²) in [7, 11) is 0. The van der Waals surface area contributed by atoms with Crippen molar-refractivity contribution in [2.24, 2.45) is 11.8 Å². The SMILES string of the molecule is Cc1c(F)c(F)c(N(c2c(F)c(F)c(C(F)(F)F)c(F)c2F)C23CC4CC2CC(N(c2cc(C(F)(F)F)cc(C(F)(F)F)c2)c2c(F)c(F)c(C(F)(F)F)c(F)c2F)(C4)C3)c(F)c1F. The maximum atomic E-state index is 16.1. The van der Waals surface area contributed by atoms with Gasteiger partial charge in [-0.15, -0.1) is 0 Å². The molecule has 2 nitrogen and oxygen atoms in total. The number of benzene rings is 4. The van der Waals surface area contributed by atoms with Crippen LogP contribution in [0.1, 0.15) is 59.9 Å². The highest BCUT2D eigenvalue weighted by Crippen LogP contribution is 2.70. The van der Waals surface area contributed by atoms with E-state index in [1.165, 1.54) is 0 Å². The Hall–Kier alpha value is -5.20. The number of halogens is 24. The molecule has 0 amide bonds. The van der Waals surface area contributed by atoms with Gasteiger partial charge in [0.05, 0.1) is 16.7 Å². The summed E-state index contributed by atoms with van der Waals surface area (Å²) in [4.78, 5) is -0.992. The average molecular weight is 959 g/mol. The van der Waals surface area contributed by atoms with Gasteiger partial charge in [-0.3, -0.25) is 0 Å². The highest BCUT2D eigenvalue weighted by Gasteiger charge is 2.70. The fourth-order valence-electron chi connectivity index (χ4n) is 9.75. The largest absolute Gasteiger partial charge is 0.422 e. The van der Waals surface area contributed by atoms with Crippen molar-refractivity contribution in [2.75, 3.05) is 9.80 Å². The summed E-state index contributed by atoms with van der Waals surface area (Å²) in [5.74, 6) is -39.6. The normalized spacial score (nSPS) is 22.3. The van der Waals surface area contributed by atoms with E-state index in [-0.39, 0.29) is 12.1 Å². The third kappa shape index (κ3) is 6.76. The van der Waals surface area contributed by atoms with E-state index in [9.17, 15) is 52.7 Å². The Morgan fingerprint density at radius 2 is 0.797 bits per heavy atom. The quantitative estimate of drug-likeness (QED) is 0.140. The first-order chi connectivity index (χ1) is 29.1. The molecule has 4 aliphatic rings. The molecule has 4 aromatic carbocycles. The predicted octanol–water partition coefficient (Wildman–Crippen LogP) is 14.4. The zero-order valence-corrected chi connectivity index (χ0v) is 30.9.